The van der Waals surface area contributed by atoms with Gasteiger partial charge in [-0.25, -0.2) is 4.79 Å². The number of nitrogens with zero attached hydrogens (tertiary/aromatic N) is 1. The van der Waals surface area contributed by atoms with Gasteiger partial charge < -0.3 is 29.0 Å². The molecule has 0 bridgehead atoms. The van der Waals surface area contributed by atoms with Crippen LogP contribution in [0.3, 0.4) is 0 Å². The molecule has 0 aliphatic carbocycles. The number of carbonyl (C=O) groups is 1. The zero-order valence-electron chi connectivity index (χ0n) is 12.3. The number of aliphatic hydroxyl groups is 1. The molecule has 3 rings (SSSR count). The number of ether oxygens (including phenoxy) is 4. The Morgan fingerprint density at radius 2 is 1.91 bits per heavy atom. The number of aliphatic hydroxyl groups excluding tert-OH is 1. The number of hydrogen-bond acceptors (Lipinski definition) is 7. The first-order valence-electron chi connectivity index (χ1n) is 7.20. The van der Waals surface area contributed by atoms with Gasteiger partial charge in [0.2, 0.25) is 0 Å². The zero-order valence-corrected chi connectivity index (χ0v) is 12.3. The molecule has 2 heterocycles. The molecule has 0 spiro atoms. The average Bonchev–Trinajstić information content (AvgIpc) is 3.08. The molecule has 3 atom stereocenters. The Labute approximate surface area is 128 Å². The van der Waals surface area contributed by atoms with Crippen molar-refractivity contribution < 1.29 is 28.8 Å². The summed E-state index contributed by atoms with van der Waals surface area (Å²) in [5.41, 5.74) is 2.15. The summed E-state index contributed by atoms with van der Waals surface area (Å²) < 4.78 is 20.2. The Kier molecular flexibility index (Phi) is 4.47. The normalized spacial score (nSPS) is 27.5. The van der Waals surface area contributed by atoms with E-state index in [1.165, 1.54) is 0 Å². The second-order valence-corrected chi connectivity index (χ2v) is 5.44. The van der Waals surface area contributed by atoms with Crippen molar-refractivity contribution in [3.63, 3.8) is 0 Å². The zero-order chi connectivity index (χ0) is 15.5. The molecule has 22 heavy (non-hydrogen) atoms. The van der Waals surface area contributed by atoms with Crippen LogP contribution in [0.15, 0.2) is 24.3 Å². The van der Waals surface area contributed by atoms with Crippen molar-refractivity contribution in [2.24, 2.45) is 0 Å². The molecule has 1 aromatic rings. The van der Waals surface area contributed by atoms with Crippen molar-refractivity contribution >= 4 is 11.8 Å². The van der Waals surface area contributed by atoms with Crippen LogP contribution in [0, 0.1) is 6.92 Å². The SMILES string of the molecule is Cc1ccc(N(CC2COC(=O)O2)CC2COC(O)O2)cc1. The Hall–Kier alpha value is -1.83. The molecule has 120 valence electrons. The van der Waals surface area contributed by atoms with E-state index in [1.54, 1.807) is 0 Å². The molecule has 2 aliphatic heterocycles. The molecule has 1 aromatic carbocycles. The van der Waals surface area contributed by atoms with E-state index in [0.717, 1.165) is 11.3 Å². The number of cyclic esters (lactones) is 2. The van der Waals surface area contributed by atoms with Crippen LogP contribution in [0.1, 0.15) is 5.56 Å². The molecular weight excluding hydrogens is 290 g/mol. The Morgan fingerprint density at radius 1 is 1.18 bits per heavy atom. The van der Waals surface area contributed by atoms with Crippen molar-refractivity contribution in [3.8, 4) is 0 Å². The Balaban J connectivity index is 1.69. The van der Waals surface area contributed by atoms with Gasteiger partial charge in [-0.2, -0.15) is 0 Å². The lowest BCUT2D eigenvalue weighted by Gasteiger charge is -2.28. The first-order chi connectivity index (χ1) is 10.6. The maximum atomic E-state index is 11.1. The van der Waals surface area contributed by atoms with Gasteiger partial charge >= 0.3 is 6.16 Å². The summed E-state index contributed by atoms with van der Waals surface area (Å²) >= 11 is 0. The van der Waals surface area contributed by atoms with Crippen molar-refractivity contribution in [2.75, 3.05) is 31.2 Å². The quantitative estimate of drug-likeness (QED) is 0.814. The van der Waals surface area contributed by atoms with Gasteiger partial charge in [0.05, 0.1) is 13.2 Å². The molecule has 2 fully saturated rings. The minimum absolute atomic E-state index is 0.241. The summed E-state index contributed by atoms with van der Waals surface area (Å²) in [7, 11) is 0. The third kappa shape index (κ3) is 3.68. The van der Waals surface area contributed by atoms with Crippen LogP contribution in [0.2, 0.25) is 0 Å². The molecule has 3 unspecified atom stereocenters. The maximum Gasteiger partial charge on any atom is 0.508 e. The summed E-state index contributed by atoms with van der Waals surface area (Å²) in [6.07, 6.45) is -1.19. The number of hydrogen-bond donors (Lipinski definition) is 1. The van der Waals surface area contributed by atoms with E-state index in [2.05, 4.69) is 0 Å². The topological polar surface area (TPSA) is 77.5 Å². The van der Waals surface area contributed by atoms with Crippen LogP contribution in [0.25, 0.3) is 0 Å². The van der Waals surface area contributed by atoms with Crippen molar-refractivity contribution in [1.29, 1.82) is 0 Å². The van der Waals surface area contributed by atoms with Crippen LogP contribution in [-0.2, 0) is 18.9 Å². The smallest absolute Gasteiger partial charge is 0.430 e. The minimum atomic E-state index is -1.17. The molecule has 0 aromatic heterocycles. The second kappa shape index (κ2) is 6.51. The monoisotopic (exact) mass is 309 g/mol. The number of anilines is 1. The number of rotatable bonds is 5. The standard InChI is InChI=1S/C15H19NO6/c1-10-2-4-11(5-3-10)16(6-12-8-19-14(17)21-12)7-13-9-20-15(18)22-13/h2-5,12-14,17H,6-9H2,1H3. The Bertz CT molecular complexity index is 519. The van der Waals surface area contributed by atoms with Crippen molar-refractivity contribution in [1.82, 2.24) is 0 Å². The lowest BCUT2D eigenvalue weighted by molar-refractivity contribution is -0.203. The fourth-order valence-electron chi connectivity index (χ4n) is 2.52. The first-order valence-corrected chi connectivity index (χ1v) is 7.20. The fraction of sp³-hybridized carbons (Fsp3) is 0.533. The summed E-state index contributed by atoms with van der Waals surface area (Å²) in [6, 6.07) is 8.03. The van der Waals surface area contributed by atoms with E-state index >= 15 is 0 Å². The summed E-state index contributed by atoms with van der Waals surface area (Å²) in [5, 5.41) is 9.29. The van der Waals surface area contributed by atoms with Gasteiger partial charge in [0.1, 0.15) is 12.7 Å². The largest absolute Gasteiger partial charge is 0.508 e. The second-order valence-electron chi connectivity index (χ2n) is 5.44. The highest BCUT2D eigenvalue weighted by atomic mass is 16.8. The lowest BCUT2D eigenvalue weighted by atomic mass is 10.2. The maximum absolute atomic E-state index is 11.1. The van der Waals surface area contributed by atoms with Crippen LogP contribution in [0.4, 0.5) is 10.5 Å². The molecular formula is C15H19NO6. The molecule has 0 radical (unpaired) electrons. The van der Waals surface area contributed by atoms with Crippen molar-refractivity contribution in [3.05, 3.63) is 29.8 Å². The van der Waals surface area contributed by atoms with Crippen LogP contribution in [0.5, 0.6) is 0 Å². The third-order valence-corrected chi connectivity index (χ3v) is 3.63. The van der Waals surface area contributed by atoms with Crippen LogP contribution < -0.4 is 4.90 Å². The van der Waals surface area contributed by atoms with E-state index in [-0.39, 0.29) is 18.8 Å². The van der Waals surface area contributed by atoms with E-state index in [9.17, 15) is 9.90 Å². The van der Waals surface area contributed by atoms with Crippen molar-refractivity contribution in [2.45, 2.75) is 25.6 Å². The predicted octanol–water partition coefficient (Wildman–Crippen LogP) is 1.03. The summed E-state index contributed by atoms with van der Waals surface area (Å²) in [4.78, 5) is 13.1. The molecule has 1 N–H and O–H groups in total. The lowest BCUT2D eigenvalue weighted by Crippen LogP contribution is -2.40. The van der Waals surface area contributed by atoms with Crippen LogP contribution in [-0.4, -0.2) is 56.2 Å². The summed E-state index contributed by atoms with van der Waals surface area (Å²) in [6.45, 7) is 2.43. The highest BCUT2D eigenvalue weighted by molar-refractivity contribution is 5.62. The highest BCUT2D eigenvalue weighted by Crippen LogP contribution is 2.20. The molecule has 0 amide bonds. The Morgan fingerprint density at radius 3 is 2.50 bits per heavy atom. The fourth-order valence-corrected chi connectivity index (χ4v) is 2.52. The van der Waals surface area contributed by atoms with Gasteiger partial charge in [-0.1, -0.05) is 17.7 Å². The van der Waals surface area contributed by atoms with Gasteiger partial charge in [-0.15, -0.1) is 0 Å². The number of carbonyl (C=O) groups excluding carboxylic acids is 1. The van der Waals surface area contributed by atoms with Gasteiger partial charge in [0.25, 0.3) is 6.48 Å². The minimum Gasteiger partial charge on any atom is -0.430 e. The average molecular weight is 309 g/mol. The van der Waals surface area contributed by atoms with Gasteiger partial charge in [0.15, 0.2) is 6.10 Å². The van der Waals surface area contributed by atoms with Gasteiger partial charge in [0, 0.05) is 12.2 Å². The summed E-state index contributed by atoms with van der Waals surface area (Å²) in [5.74, 6) is 0. The highest BCUT2D eigenvalue weighted by Gasteiger charge is 2.31. The van der Waals surface area contributed by atoms with E-state index in [4.69, 9.17) is 18.9 Å². The van der Waals surface area contributed by atoms with Gasteiger partial charge in [-0.3, -0.25) is 0 Å². The first kappa shape index (κ1) is 15.1. The van der Waals surface area contributed by atoms with E-state index < -0.39 is 12.6 Å². The van der Waals surface area contributed by atoms with Crippen LogP contribution >= 0.6 is 0 Å². The molecule has 7 nitrogen and oxygen atoms in total. The molecule has 7 heteroatoms. The predicted molar refractivity (Wildman–Crippen MR) is 76.4 cm³/mol. The number of aryl methyl sites for hydroxylation is 1. The third-order valence-electron chi connectivity index (χ3n) is 3.63. The molecule has 0 saturated carbocycles. The van der Waals surface area contributed by atoms with E-state index in [0.29, 0.717) is 19.7 Å². The van der Waals surface area contributed by atoms with Gasteiger partial charge in [-0.05, 0) is 19.1 Å². The number of benzene rings is 1. The molecule has 2 saturated heterocycles. The van der Waals surface area contributed by atoms with E-state index in [1.807, 2.05) is 36.1 Å². The molecule has 2 aliphatic rings.